The second kappa shape index (κ2) is 5.76. The topological polar surface area (TPSA) is 25.8 Å². The van der Waals surface area contributed by atoms with Gasteiger partial charge >= 0.3 is 0 Å². The lowest BCUT2D eigenvalue weighted by atomic mass is 9.95. The van der Waals surface area contributed by atoms with Gasteiger partial charge in [-0.2, -0.15) is 0 Å². The molecule has 0 atom stereocenters. The molecule has 1 fully saturated rings. The molecular weight excluding hydrogens is 216 g/mol. The molecule has 0 aromatic carbocycles. The molecule has 1 saturated carbocycles. The van der Waals surface area contributed by atoms with Crippen LogP contribution in [0.2, 0.25) is 0 Å². The highest BCUT2D eigenvalue weighted by molar-refractivity contribution is 7.03. The Balaban J connectivity index is 1.63. The summed E-state index contributed by atoms with van der Waals surface area (Å²) in [5.41, 5.74) is 1.73. The fraction of sp³-hybridized carbons (Fsp3) is 0.846. The van der Waals surface area contributed by atoms with E-state index in [9.17, 15) is 0 Å². The Labute approximate surface area is 103 Å². The van der Waals surface area contributed by atoms with E-state index in [1.165, 1.54) is 75.0 Å². The lowest BCUT2D eigenvalue weighted by molar-refractivity contribution is 0.521. The van der Waals surface area contributed by atoms with Crippen molar-refractivity contribution in [2.75, 3.05) is 0 Å². The van der Waals surface area contributed by atoms with E-state index in [1.807, 2.05) is 0 Å². The van der Waals surface area contributed by atoms with Crippen LogP contribution in [0.15, 0.2) is 5.38 Å². The molecule has 0 spiro atoms. The van der Waals surface area contributed by atoms with Crippen LogP contribution in [-0.2, 0) is 5.41 Å². The summed E-state index contributed by atoms with van der Waals surface area (Å²) in [5, 5.41) is 6.39. The first kappa shape index (κ1) is 12.0. The lowest BCUT2D eigenvalue weighted by Gasteiger charge is -2.10. The molecule has 0 N–H and O–H groups in total. The van der Waals surface area contributed by atoms with Crippen molar-refractivity contribution in [2.45, 2.75) is 70.1 Å². The maximum Gasteiger partial charge on any atom is 0.0817 e. The average Bonchev–Trinajstić information content (AvgIpc) is 2.88. The molecule has 0 aliphatic heterocycles. The summed E-state index contributed by atoms with van der Waals surface area (Å²) in [4.78, 5) is 0. The van der Waals surface area contributed by atoms with Crippen LogP contribution in [0.1, 0.15) is 70.4 Å². The summed E-state index contributed by atoms with van der Waals surface area (Å²) in [5.74, 6) is 0. The molecule has 0 saturated heterocycles. The SMILES string of the molecule is CCCCCCCCC1(c2csnn2)CC1. The number of unbranched alkanes of at least 4 members (excludes halogenated alkanes) is 5. The molecule has 2 rings (SSSR count). The zero-order valence-electron chi connectivity index (χ0n) is 10.2. The fourth-order valence-corrected chi connectivity index (χ4v) is 3.00. The Morgan fingerprint density at radius 3 is 2.56 bits per heavy atom. The molecule has 1 aromatic heterocycles. The minimum atomic E-state index is 0.456. The molecule has 0 radical (unpaired) electrons. The molecule has 0 bridgehead atoms. The van der Waals surface area contributed by atoms with Gasteiger partial charge < -0.3 is 0 Å². The summed E-state index contributed by atoms with van der Waals surface area (Å²) in [6, 6.07) is 0. The number of hydrogen-bond acceptors (Lipinski definition) is 3. The Kier molecular flexibility index (Phi) is 4.33. The van der Waals surface area contributed by atoms with Crippen molar-refractivity contribution in [3.63, 3.8) is 0 Å². The van der Waals surface area contributed by atoms with E-state index < -0.39 is 0 Å². The summed E-state index contributed by atoms with van der Waals surface area (Å²) in [6.45, 7) is 2.27. The van der Waals surface area contributed by atoms with E-state index in [0.717, 1.165) is 0 Å². The third-order valence-electron chi connectivity index (χ3n) is 3.77. The van der Waals surface area contributed by atoms with Gasteiger partial charge in [-0.15, -0.1) is 5.10 Å². The predicted molar refractivity (Wildman–Crippen MR) is 68.8 cm³/mol. The van der Waals surface area contributed by atoms with Crippen LogP contribution in [0.4, 0.5) is 0 Å². The molecule has 16 heavy (non-hydrogen) atoms. The molecule has 1 heterocycles. The third-order valence-corrected chi connectivity index (χ3v) is 4.27. The summed E-state index contributed by atoms with van der Waals surface area (Å²) in [7, 11) is 0. The Bertz CT molecular complexity index is 291. The molecule has 0 amide bonds. The van der Waals surface area contributed by atoms with Gasteiger partial charge in [-0.1, -0.05) is 49.9 Å². The third kappa shape index (κ3) is 3.03. The summed E-state index contributed by atoms with van der Waals surface area (Å²) in [6.07, 6.45) is 12.4. The van der Waals surface area contributed by atoms with Crippen LogP contribution in [0.3, 0.4) is 0 Å². The molecule has 1 aliphatic carbocycles. The first-order chi connectivity index (χ1) is 7.87. The van der Waals surface area contributed by atoms with Crippen molar-refractivity contribution >= 4 is 11.5 Å². The number of nitrogens with zero attached hydrogens (tertiary/aromatic N) is 2. The monoisotopic (exact) mass is 238 g/mol. The molecule has 90 valence electrons. The van der Waals surface area contributed by atoms with Crippen LogP contribution >= 0.6 is 11.5 Å². The van der Waals surface area contributed by atoms with Crippen molar-refractivity contribution in [3.05, 3.63) is 11.1 Å². The number of rotatable bonds is 8. The van der Waals surface area contributed by atoms with Gasteiger partial charge in [0.2, 0.25) is 0 Å². The van der Waals surface area contributed by atoms with E-state index >= 15 is 0 Å². The summed E-state index contributed by atoms with van der Waals surface area (Å²) < 4.78 is 3.99. The minimum absolute atomic E-state index is 0.456. The van der Waals surface area contributed by atoms with Crippen LogP contribution < -0.4 is 0 Å². The smallest absolute Gasteiger partial charge is 0.0817 e. The van der Waals surface area contributed by atoms with Crippen molar-refractivity contribution in [1.29, 1.82) is 0 Å². The fourth-order valence-electron chi connectivity index (χ4n) is 2.42. The first-order valence-corrected chi connectivity index (χ1v) is 7.48. The zero-order valence-corrected chi connectivity index (χ0v) is 11.1. The van der Waals surface area contributed by atoms with Gasteiger partial charge in [0.1, 0.15) is 0 Å². The van der Waals surface area contributed by atoms with E-state index in [-0.39, 0.29) is 0 Å². The van der Waals surface area contributed by atoms with Gasteiger partial charge in [-0.3, -0.25) is 0 Å². The molecule has 0 unspecified atom stereocenters. The van der Waals surface area contributed by atoms with Crippen LogP contribution in [-0.4, -0.2) is 9.59 Å². The van der Waals surface area contributed by atoms with E-state index in [0.29, 0.717) is 5.41 Å². The van der Waals surface area contributed by atoms with Crippen molar-refractivity contribution in [3.8, 4) is 0 Å². The van der Waals surface area contributed by atoms with Gasteiger partial charge in [0.15, 0.2) is 0 Å². The Morgan fingerprint density at radius 1 is 1.19 bits per heavy atom. The molecule has 3 heteroatoms. The lowest BCUT2D eigenvalue weighted by Crippen LogP contribution is -2.06. The Hall–Kier alpha value is -0.440. The molecule has 1 aliphatic rings. The highest BCUT2D eigenvalue weighted by Gasteiger charge is 2.45. The molecule has 2 nitrogen and oxygen atoms in total. The van der Waals surface area contributed by atoms with Crippen molar-refractivity contribution < 1.29 is 0 Å². The van der Waals surface area contributed by atoms with Gasteiger partial charge in [0.05, 0.1) is 5.69 Å². The van der Waals surface area contributed by atoms with Gasteiger partial charge in [0.25, 0.3) is 0 Å². The summed E-state index contributed by atoms with van der Waals surface area (Å²) >= 11 is 1.50. The van der Waals surface area contributed by atoms with Gasteiger partial charge in [-0.05, 0) is 30.8 Å². The minimum Gasteiger partial charge on any atom is -0.143 e. The highest BCUT2D eigenvalue weighted by atomic mass is 32.1. The maximum absolute atomic E-state index is 4.25. The average molecular weight is 238 g/mol. The first-order valence-electron chi connectivity index (χ1n) is 6.65. The second-order valence-corrected chi connectivity index (χ2v) is 5.70. The van der Waals surface area contributed by atoms with Crippen LogP contribution in [0.25, 0.3) is 0 Å². The van der Waals surface area contributed by atoms with Crippen LogP contribution in [0.5, 0.6) is 0 Å². The predicted octanol–water partition coefficient (Wildman–Crippen LogP) is 4.32. The number of hydrogen-bond donors (Lipinski definition) is 0. The van der Waals surface area contributed by atoms with Gasteiger partial charge in [-0.25, -0.2) is 0 Å². The second-order valence-electron chi connectivity index (χ2n) is 5.09. The quantitative estimate of drug-likeness (QED) is 0.630. The normalized spacial score (nSPS) is 17.6. The number of aromatic nitrogens is 2. The Morgan fingerprint density at radius 2 is 1.94 bits per heavy atom. The zero-order chi connectivity index (χ0) is 11.3. The molecule has 1 aromatic rings. The van der Waals surface area contributed by atoms with Crippen LogP contribution in [0, 0.1) is 0 Å². The van der Waals surface area contributed by atoms with Crippen molar-refractivity contribution in [1.82, 2.24) is 9.59 Å². The maximum atomic E-state index is 4.25. The van der Waals surface area contributed by atoms with E-state index in [2.05, 4.69) is 21.9 Å². The van der Waals surface area contributed by atoms with Crippen molar-refractivity contribution in [2.24, 2.45) is 0 Å². The van der Waals surface area contributed by atoms with E-state index in [1.54, 1.807) is 0 Å². The standard InChI is InChI=1S/C13H22N2S/c1-2-3-4-5-6-7-8-13(9-10-13)12-11-16-15-14-12/h11H,2-10H2,1H3. The van der Waals surface area contributed by atoms with E-state index in [4.69, 9.17) is 0 Å². The van der Waals surface area contributed by atoms with Gasteiger partial charge in [0, 0.05) is 10.8 Å². The molecular formula is C13H22N2S. The highest BCUT2D eigenvalue weighted by Crippen LogP contribution is 2.51. The largest absolute Gasteiger partial charge is 0.143 e.